The Bertz CT molecular complexity index is 721. The Morgan fingerprint density at radius 2 is 1.92 bits per heavy atom. The predicted octanol–water partition coefficient (Wildman–Crippen LogP) is 4.40. The topological polar surface area (TPSA) is 29.5 Å². The second-order valence-electron chi connectivity index (χ2n) is 7.06. The molecule has 0 radical (unpaired) electrons. The van der Waals surface area contributed by atoms with Crippen LogP contribution < -0.4 is 4.74 Å². The summed E-state index contributed by atoms with van der Waals surface area (Å²) in [6.45, 7) is 4.09. The Morgan fingerprint density at radius 3 is 2.58 bits per heavy atom. The number of carbonyl (C=O) groups excluding carboxylic acids is 1. The van der Waals surface area contributed by atoms with Crippen LogP contribution in [0.25, 0.3) is 10.8 Å². The Hall–Kier alpha value is -1.87. The lowest BCUT2D eigenvalue weighted by Gasteiger charge is -2.22. The number of fused-ring (bicyclic) bond motifs is 1. The molecular weight excluding hydrogens is 298 g/mol. The number of hydrogen-bond acceptors (Lipinski definition) is 3. The maximum Gasteiger partial charge on any atom is 0.167 e. The second-order valence-corrected chi connectivity index (χ2v) is 7.06. The van der Waals surface area contributed by atoms with E-state index in [4.69, 9.17) is 4.74 Å². The van der Waals surface area contributed by atoms with Gasteiger partial charge in [-0.1, -0.05) is 25.1 Å². The molecule has 1 aliphatic carbocycles. The molecule has 0 bridgehead atoms. The molecule has 0 heterocycles. The Morgan fingerprint density at radius 1 is 1.21 bits per heavy atom. The van der Waals surface area contributed by atoms with E-state index in [1.807, 2.05) is 36.4 Å². The summed E-state index contributed by atoms with van der Waals surface area (Å²) in [7, 11) is 3.81. The molecule has 0 N–H and O–H groups in total. The van der Waals surface area contributed by atoms with Crippen molar-refractivity contribution in [2.45, 2.75) is 26.2 Å². The molecule has 1 fully saturated rings. The largest absolute Gasteiger partial charge is 0.497 e. The first-order chi connectivity index (χ1) is 11.6. The zero-order valence-electron chi connectivity index (χ0n) is 14.9. The van der Waals surface area contributed by atoms with Gasteiger partial charge in [-0.2, -0.15) is 0 Å². The van der Waals surface area contributed by atoms with E-state index in [1.54, 1.807) is 7.11 Å². The van der Waals surface area contributed by atoms with Gasteiger partial charge in [0, 0.05) is 24.6 Å². The van der Waals surface area contributed by atoms with Crippen LogP contribution in [0, 0.1) is 11.8 Å². The summed E-state index contributed by atoms with van der Waals surface area (Å²) in [6.07, 6.45) is 3.58. The fourth-order valence-corrected chi connectivity index (χ4v) is 3.33. The van der Waals surface area contributed by atoms with E-state index in [9.17, 15) is 4.79 Å². The van der Waals surface area contributed by atoms with Crippen LogP contribution in [-0.2, 0) is 0 Å². The summed E-state index contributed by atoms with van der Waals surface area (Å²) in [5.41, 5.74) is 0.819. The number of methoxy groups -OCH3 is 1. The number of benzene rings is 2. The number of nitrogens with zero attached hydrogens (tertiary/aromatic N) is 1. The molecule has 3 heteroatoms. The van der Waals surface area contributed by atoms with Gasteiger partial charge in [-0.05, 0) is 61.2 Å². The normalized spacial score (nSPS) is 15.7. The fraction of sp³-hybridized carbons (Fsp3) is 0.476. The number of ether oxygens (including phenoxy) is 1. The summed E-state index contributed by atoms with van der Waals surface area (Å²) in [5, 5.41) is 2.19. The standard InChI is InChI=1S/C21H27NO2/c1-4-16(14-22(2)13-15-5-6-15)21(23)19-8-7-18-12-20(24-3)10-9-17(18)11-19/h7-12,15-16H,4-6,13-14H2,1-3H3. The lowest BCUT2D eigenvalue weighted by Crippen LogP contribution is -2.31. The van der Waals surface area contributed by atoms with Gasteiger partial charge in [-0.15, -0.1) is 0 Å². The third-order valence-electron chi connectivity index (χ3n) is 4.99. The molecule has 0 aromatic heterocycles. The van der Waals surface area contributed by atoms with Crippen molar-refractivity contribution in [3.63, 3.8) is 0 Å². The summed E-state index contributed by atoms with van der Waals surface area (Å²) >= 11 is 0. The van der Waals surface area contributed by atoms with Crippen molar-refractivity contribution in [3.05, 3.63) is 42.0 Å². The summed E-state index contributed by atoms with van der Waals surface area (Å²) in [4.78, 5) is 15.3. The minimum Gasteiger partial charge on any atom is -0.497 e. The maximum atomic E-state index is 12.9. The van der Waals surface area contributed by atoms with E-state index in [0.29, 0.717) is 0 Å². The van der Waals surface area contributed by atoms with Crippen LogP contribution in [0.5, 0.6) is 5.75 Å². The van der Waals surface area contributed by atoms with Gasteiger partial charge in [0.15, 0.2) is 5.78 Å². The van der Waals surface area contributed by atoms with Crippen LogP contribution in [0.4, 0.5) is 0 Å². The third-order valence-corrected chi connectivity index (χ3v) is 4.99. The minimum atomic E-state index is 0.0736. The SMILES string of the molecule is CCC(CN(C)CC1CC1)C(=O)c1ccc2cc(OC)ccc2c1. The Labute approximate surface area is 144 Å². The van der Waals surface area contributed by atoms with Crippen molar-refractivity contribution < 1.29 is 9.53 Å². The Kier molecular flexibility index (Phi) is 5.20. The highest BCUT2D eigenvalue weighted by atomic mass is 16.5. The number of hydrogen-bond donors (Lipinski definition) is 0. The molecule has 128 valence electrons. The predicted molar refractivity (Wildman–Crippen MR) is 98.8 cm³/mol. The van der Waals surface area contributed by atoms with Crippen molar-refractivity contribution in [2.75, 3.05) is 27.2 Å². The lowest BCUT2D eigenvalue weighted by atomic mass is 9.93. The van der Waals surface area contributed by atoms with Crippen LogP contribution in [0.3, 0.4) is 0 Å². The molecule has 0 amide bonds. The van der Waals surface area contributed by atoms with E-state index < -0.39 is 0 Å². The average Bonchev–Trinajstić information content (AvgIpc) is 3.42. The smallest absolute Gasteiger partial charge is 0.167 e. The highest BCUT2D eigenvalue weighted by Crippen LogP contribution is 2.30. The molecule has 0 saturated heterocycles. The summed E-state index contributed by atoms with van der Waals surface area (Å²) in [6, 6.07) is 12.0. The van der Waals surface area contributed by atoms with E-state index in [1.165, 1.54) is 12.8 Å². The van der Waals surface area contributed by atoms with Crippen LogP contribution in [0.1, 0.15) is 36.5 Å². The first-order valence-electron chi connectivity index (χ1n) is 8.91. The van der Waals surface area contributed by atoms with Crippen molar-refractivity contribution in [3.8, 4) is 5.75 Å². The zero-order valence-corrected chi connectivity index (χ0v) is 14.9. The molecule has 3 nitrogen and oxygen atoms in total. The van der Waals surface area contributed by atoms with E-state index in [-0.39, 0.29) is 11.7 Å². The van der Waals surface area contributed by atoms with Crippen LogP contribution in [-0.4, -0.2) is 37.9 Å². The second kappa shape index (κ2) is 7.35. The van der Waals surface area contributed by atoms with Gasteiger partial charge < -0.3 is 9.64 Å². The van der Waals surface area contributed by atoms with Gasteiger partial charge >= 0.3 is 0 Å². The molecule has 1 atom stereocenters. The molecule has 24 heavy (non-hydrogen) atoms. The van der Waals surface area contributed by atoms with Crippen molar-refractivity contribution in [1.29, 1.82) is 0 Å². The monoisotopic (exact) mass is 325 g/mol. The van der Waals surface area contributed by atoms with Crippen molar-refractivity contribution in [1.82, 2.24) is 4.90 Å². The first-order valence-corrected chi connectivity index (χ1v) is 8.91. The van der Waals surface area contributed by atoms with Crippen LogP contribution >= 0.6 is 0 Å². The van der Waals surface area contributed by atoms with Gasteiger partial charge in [-0.25, -0.2) is 0 Å². The molecule has 1 unspecified atom stereocenters. The van der Waals surface area contributed by atoms with Gasteiger partial charge in [-0.3, -0.25) is 4.79 Å². The summed E-state index contributed by atoms with van der Waals surface area (Å²) in [5.74, 6) is 2.04. The molecule has 3 rings (SSSR count). The zero-order chi connectivity index (χ0) is 17.1. The number of rotatable bonds is 8. The maximum absolute atomic E-state index is 12.9. The van der Waals surface area contributed by atoms with Crippen LogP contribution in [0.2, 0.25) is 0 Å². The van der Waals surface area contributed by atoms with E-state index in [0.717, 1.165) is 47.5 Å². The number of carbonyl (C=O) groups is 1. The van der Waals surface area contributed by atoms with Gasteiger partial charge in [0.2, 0.25) is 0 Å². The van der Waals surface area contributed by atoms with Gasteiger partial charge in [0.05, 0.1) is 7.11 Å². The first kappa shape index (κ1) is 17.0. The quantitative estimate of drug-likeness (QED) is 0.674. The Balaban J connectivity index is 1.75. The molecule has 0 aliphatic heterocycles. The third kappa shape index (κ3) is 3.96. The molecule has 1 saturated carbocycles. The van der Waals surface area contributed by atoms with Crippen molar-refractivity contribution in [2.24, 2.45) is 11.8 Å². The highest BCUT2D eigenvalue weighted by Gasteiger charge is 2.25. The molecule has 2 aromatic carbocycles. The van der Waals surface area contributed by atoms with Crippen LogP contribution in [0.15, 0.2) is 36.4 Å². The molecule has 2 aromatic rings. The molecule has 0 spiro atoms. The number of ketones is 1. The lowest BCUT2D eigenvalue weighted by molar-refractivity contribution is 0.0884. The average molecular weight is 325 g/mol. The van der Waals surface area contributed by atoms with Crippen molar-refractivity contribution >= 4 is 16.6 Å². The van der Waals surface area contributed by atoms with E-state index >= 15 is 0 Å². The highest BCUT2D eigenvalue weighted by molar-refractivity contribution is 6.01. The number of Topliss-reactive ketones (excluding diaryl/α,β-unsaturated/α-hetero) is 1. The minimum absolute atomic E-state index is 0.0736. The molecule has 1 aliphatic rings. The summed E-state index contributed by atoms with van der Waals surface area (Å²) < 4.78 is 5.26. The van der Waals surface area contributed by atoms with Gasteiger partial charge in [0.25, 0.3) is 0 Å². The molecular formula is C21H27NO2. The fourth-order valence-electron chi connectivity index (χ4n) is 3.33. The van der Waals surface area contributed by atoms with Gasteiger partial charge in [0.1, 0.15) is 5.75 Å². The van der Waals surface area contributed by atoms with E-state index in [2.05, 4.69) is 18.9 Å².